The van der Waals surface area contributed by atoms with E-state index in [2.05, 4.69) is 22.4 Å². The minimum Gasteiger partial charge on any atom is -0.497 e. The molecule has 0 amide bonds. The Balaban J connectivity index is 1.84. The van der Waals surface area contributed by atoms with Gasteiger partial charge in [0.15, 0.2) is 0 Å². The van der Waals surface area contributed by atoms with E-state index >= 15 is 0 Å². The average Bonchev–Trinajstić information content (AvgIpc) is 2.28. The normalized spacial score (nSPS) is 19.7. The molecular weight excluding hydrogens is 188 g/mol. The van der Waals surface area contributed by atoms with E-state index in [4.69, 9.17) is 4.74 Å². The monoisotopic (exact) mass is 204 g/mol. The summed E-state index contributed by atoms with van der Waals surface area (Å²) in [6, 6.07) is 2.09. The lowest BCUT2D eigenvalue weighted by Gasteiger charge is -2.20. The van der Waals surface area contributed by atoms with Crippen molar-refractivity contribution in [2.45, 2.75) is 25.9 Å². The Bertz CT molecular complexity index is 349. The zero-order valence-electron chi connectivity index (χ0n) is 8.94. The second-order valence-corrected chi connectivity index (χ2v) is 3.84. The topological polar surface area (TPSA) is 34.2 Å². The van der Waals surface area contributed by atoms with Crippen LogP contribution in [0.3, 0.4) is 0 Å². The van der Waals surface area contributed by atoms with Gasteiger partial charge < -0.3 is 10.1 Å². The molecule has 80 valence electrons. The third-order valence-electron chi connectivity index (χ3n) is 2.43. The Morgan fingerprint density at radius 1 is 1.53 bits per heavy atom. The Labute approximate surface area is 90.2 Å². The maximum Gasteiger partial charge on any atom is 0.115 e. The van der Waals surface area contributed by atoms with Crippen molar-refractivity contribution in [2.24, 2.45) is 0 Å². The zero-order chi connectivity index (χ0) is 10.5. The van der Waals surface area contributed by atoms with E-state index in [-0.39, 0.29) is 6.10 Å². The van der Waals surface area contributed by atoms with Crippen LogP contribution < -0.4 is 5.32 Å². The molecule has 0 aliphatic carbocycles. The number of hydrogen-bond donors (Lipinski definition) is 1. The minimum absolute atomic E-state index is 0.288. The summed E-state index contributed by atoms with van der Waals surface area (Å²) in [5.74, 6) is 0. The number of anilines is 1. The van der Waals surface area contributed by atoms with Crippen LogP contribution in [0, 0.1) is 6.92 Å². The highest BCUT2D eigenvalue weighted by molar-refractivity contribution is 5.42. The fourth-order valence-electron chi connectivity index (χ4n) is 1.62. The number of nitrogens with one attached hydrogen (secondary N) is 1. The van der Waals surface area contributed by atoms with Crippen LogP contribution in [0.2, 0.25) is 0 Å². The first-order valence-corrected chi connectivity index (χ1v) is 5.30. The highest BCUT2D eigenvalue weighted by Gasteiger charge is 2.09. The maximum atomic E-state index is 5.47. The quantitative estimate of drug-likeness (QED) is 0.821. The lowest BCUT2D eigenvalue weighted by Crippen LogP contribution is -2.23. The lowest BCUT2D eigenvalue weighted by molar-refractivity contribution is 0.135. The summed E-state index contributed by atoms with van der Waals surface area (Å²) in [4.78, 5) is 4.13. The third-order valence-corrected chi connectivity index (χ3v) is 2.43. The predicted octanol–water partition coefficient (Wildman–Crippen LogP) is 2.49. The van der Waals surface area contributed by atoms with Crippen LogP contribution >= 0.6 is 0 Å². The Morgan fingerprint density at radius 2 is 2.47 bits per heavy atom. The molecule has 0 spiro atoms. The lowest BCUT2D eigenvalue weighted by atomic mass is 10.1. The Kier molecular flexibility index (Phi) is 3.22. The van der Waals surface area contributed by atoms with Crippen LogP contribution in [0.5, 0.6) is 0 Å². The van der Waals surface area contributed by atoms with E-state index in [0.29, 0.717) is 0 Å². The molecule has 0 saturated carbocycles. The smallest absolute Gasteiger partial charge is 0.115 e. The highest BCUT2D eigenvalue weighted by Crippen LogP contribution is 2.12. The van der Waals surface area contributed by atoms with Crippen molar-refractivity contribution in [1.29, 1.82) is 0 Å². The molecule has 3 heteroatoms. The molecule has 15 heavy (non-hydrogen) atoms. The van der Waals surface area contributed by atoms with Crippen LogP contribution in [0.25, 0.3) is 0 Å². The van der Waals surface area contributed by atoms with E-state index < -0.39 is 0 Å². The van der Waals surface area contributed by atoms with Crippen molar-refractivity contribution < 1.29 is 4.74 Å². The fraction of sp³-hybridized carbons (Fsp3) is 0.417. The summed E-state index contributed by atoms with van der Waals surface area (Å²) in [6.45, 7) is 2.88. The number of aromatic nitrogens is 1. The second-order valence-electron chi connectivity index (χ2n) is 3.84. The van der Waals surface area contributed by atoms with Crippen molar-refractivity contribution in [3.8, 4) is 0 Å². The number of ether oxygens (including phenoxy) is 1. The molecule has 0 aromatic carbocycles. The molecule has 1 unspecified atom stereocenters. The summed E-state index contributed by atoms with van der Waals surface area (Å²) in [5, 5.41) is 3.33. The number of nitrogens with zero attached hydrogens (tertiary/aromatic N) is 1. The van der Waals surface area contributed by atoms with Gasteiger partial charge in [0.1, 0.15) is 6.10 Å². The van der Waals surface area contributed by atoms with Crippen molar-refractivity contribution in [3.63, 3.8) is 0 Å². The fourth-order valence-corrected chi connectivity index (χ4v) is 1.62. The van der Waals surface area contributed by atoms with Crippen LogP contribution in [-0.4, -0.2) is 17.6 Å². The van der Waals surface area contributed by atoms with Crippen LogP contribution in [0.4, 0.5) is 5.69 Å². The first-order chi connectivity index (χ1) is 7.34. The van der Waals surface area contributed by atoms with Gasteiger partial charge in [-0.2, -0.15) is 0 Å². The summed E-state index contributed by atoms with van der Waals surface area (Å²) in [7, 11) is 0. The number of pyridine rings is 1. The van der Waals surface area contributed by atoms with E-state index in [0.717, 1.165) is 25.1 Å². The van der Waals surface area contributed by atoms with Gasteiger partial charge in [-0.25, -0.2) is 0 Å². The van der Waals surface area contributed by atoms with Gasteiger partial charge in [0.2, 0.25) is 0 Å². The molecule has 1 aromatic rings. The first-order valence-electron chi connectivity index (χ1n) is 5.30. The van der Waals surface area contributed by atoms with Crippen molar-refractivity contribution in [3.05, 3.63) is 36.4 Å². The zero-order valence-corrected chi connectivity index (χ0v) is 8.94. The van der Waals surface area contributed by atoms with Crippen LogP contribution in [-0.2, 0) is 4.74 Å². The predicted molar refractivity (Wildman–Crippen MR) is 60.7 cm³/mol. The first kappa shape index (κ1) is 10.0. The molecule has 1 aromatic heterocycles. The molecule has 1 aliphatic rings. The van der Waals surface area contributed by atoms with Gasteiger partial charge in [-0.05, 0) is 37.5 Å². The molecule has 0 saturated heterocycles. The van der Waals surface area contributed by atoms with Crippen molar-refractivity contribution in [2.75, 3.05) is 11.9 Å². The summed E-state index contributed by atoms with van der Waals surface area (Å²) in [5.41, 5.74) is 2.23. The van der Waals surface area contributed by atoms with Gasteiger partial charge >= 0.3 is 0 Å². The number of allylic oxidation sites excluding steroid dienone is 1. The molecule has 2 heterocycles. The van der Waals surface area contributed by atoms with Gasteiger partial charge in [-0.1, -0.05) is 0 Å². The molecule has 2 rings (SSSR count). The molecule has 0 bridgehead atoms. The van der Waals surface area contributed by atoms with Gasteiger partial charge in [0.05, 0.1) is 18.5 Å². The van der Waals surface area contributed by atoms with E-state index in [1.807, 2.05) is 19.3 Å². The van der Waals surface area contributed by atoms with E-state index in [9.17, 15) is 0 Å². The SMILES string of the molecule is Cc1cncc(NCC2CCC=CO2)c1. The summed E-state index contributed by atoms with van der Waals surface area (Å²) in [6.07, 6.45) is 10.0. The van der Waals surface area contributed by atoms with Gasteiger partial charge in [0, 0.05) is 12.4 Å². The van der Waals surface area contributed by atoms with Gasteiger partial charge in [0.25, 0.3) is 0 Å². The number of rotatable bonds is 3. The molecule has 0 radical (unpaired) electrons. The number of hydrogen-bond acceptors (Lipinski definition) is 3. The van der Waals surface area contributed by atoms with Crippen LogP contribution in [0.1, 0.15) is 18.4 Å². The molecule has 1 atom stereocenters. The van der Waals surface area contributed by atoms with Crippen molar-refractivity contribution >= 4 is 5.69 Å². The molecular formula is C12H16N2O. The highest BCUT2D eigenvalue weighted by atomic mass is 16.5. The second kappa shape index (κ2) is 4.82. The van der Waals surface area contributed by atoms with Gasteiger partial charge in [-0.15, -0.1) is 0 Å². The van der Waals surface area contributed by atoms with E-state index in [1.165, 1.54) is 5.56 Å². The maximum absolute atomic E-state index is 5.47. The van der Waals surface area contributed by atoms with Crippen molar-refractivity contribution in [1.82, 2.24) is 4.98 Å². The Morgan fingerprint density at radius 3 is 3.20 bits per heavy atom. The van der Waals surface area contributed by atoms with E-state index in [1.54, 1.807) is 6.26 Å². The standard InChI is InChI=1S/C12H16N2O/c1-10-6-11(8-13-7-10)14-9-12-4-2-3-5-15-12/h3,5-8,12,14H,2,4,9H2,1H3. The molecule has 1 aliphatic heterocycles. The minimum atomic E-state index is 0.288. The molecule has 3 nitrogen and oxygen atoms in total. The third kappa shape index (κ3) is 2.98. The van der Waals surface area contributed by atoms with Gasteiger partial charge in [-0.3, -0.25) is 4.98 Å². The Hall–Kier alpha value is -1.51. The molecule has 0 fully saturated rings. The summed E-state index contributed by atoms with van der Waals surface area (Å²) < 4.78 is 5.47. The van der Waals surface area contributed by atoms with Crippen LogP contribution in [0.15, 0.2) is 30.8 Å². The number of aryl methyl sites for hydroxylation is 1. The average molecular weight is 204 g/mol. The largest absolute Gasteiger partial charge is 0.497 e. The molecule has 1 N–H and O–H groups in total. The summed E-state index contributed by atoms with van der Waals surface area (Å²) >= 11 is 0.